The molecule has 18 heavy (non-hydrogen) atoms. The number of ether oxygens (including phenoxy) is 1. The Morgan fingerprint density at radius 3 is 2.78 bits per heavy atom. The molecule has 0 aliphatic heterocycles. The molecule has 3 heteroatoms. The SMILES string of the molecule is CCCNCC(C)CCc1ccc(OC)c(Br)c1. The van der Waals surface area contributed by atoms with Gasteiger partial charge in [0.05, 0.1) is 11.6 Å². The van der Waals surface area contributed by atoms with E-state index in [4.69, 9.17) is 4.74 Å². The van der Waals surface area contributed by atoms with Crippen LogP contribution in [0.3, 0.4) is 0 Å². The molecule has 1 atom stereocenters. The zero-order valence-corrected chi connectivity index (χ0v) is 13.2. The van der Waals surface area contributed by atoms with Gasteiger partial charge in [0.15, 0.2) is 0 Å². The number of nitrogens with one attached hydrogen (secondary N) is 1. The van der Waals surface area contributed by atoms with Crippen LogP contribution >= 0.6 is 15.9 Å². The fraction of sp³-hybridized carbons (Fsp3) is 0.600. The van der Waals surface area contributed by atoms with E-state index in [1.54, 1.807) is 7.11 Å². The summed E-state index contributed by atoms with van der Waals surface area (Å²) in [7, 11) is 1.70. The minimum absolute atomic E-state index is 0.720. The number of benzene rings is 1. The van der Waals surface area contributed by atoms with Gasteiger partial charge in [-0.15, -0.1) is 0 Å². The van der Waals surface area contributed by atoms with E-state index in [2.05, 4.69) is 47.2 Å². The second-order valence-electron chi connectivity index (χ2n) is 4.82. The first kappa shape index (κ1) is 15.5. The fourth-order valence-electron chi connectivity index (χ4n) is 1.91. The average molecular weight is 314 g/mol. The summed E-state index contributed by atoms with van der Waals surface area (Å²) < 4.78 is 6.28. The van der Waals surface area contributed by atoms with Gasteiger partial charge >= 0.3 is 0 Å². The third kappa shape index (κ3) is 5.40. The van der Waals surface area contributed by atoms with E-state index in [0.717, 1.165) is 35.7 Å². The summed E-state index contributed by atoms with van der Waals surface area (Å²) in [6, 6.07) is 6.33. The predicted molar refractivity (Wildman–Crippen MR) is 81.3 cm³/mol. The molecule has 1 N–H and O–H groups in total. The van der Waals surface area contributed by atoms with Gasteiger partial charge < -0.3 is 10.1 Å². The summed E-state index contributed by atoms with van der Waals surface area (Å²) in [5.74, 6) is 1.62. The molecule has 0 saturated carbocycles. The lowest BCUT2D eigenvalue weighted by Crippen LogP contribution is -2.22. The number of aryl methyl sites for hydroxylation is 1. The van der Waals surface area contributed by atoms with E-state index in [0.29, 0.717) is 0 Å². The highest BCUT2D eigenvalue weighted by Gasteiger charge is 2.05. The van der Waals surface area contributed by atoms with Crippen molar-refractivity contribution < 1.29 is 4.74 Å². The van der Waals surface area contributed by atoms with Gasteiger partial charge in [0.2, 0.25) is 0 Å². The molecule has 0 radical (unpaired) electrons. The average Bonchev–Trinajstić information content (AvgIpc) is 2.37. The molecule has 0 saturated heterocycles. The largest absolute Gasteiger partial charge is 0.496 e. The molecule has 1 unspecified atom stereocenters. The Labute approximate surface area is 119 Å². The van der Waals surface area contributed by atoms with E-state index in [-0.39, 0.29) is 0 Å². The van der Waals surface area contributed by atoms with E-state index in [9.17, 15) is 0 Å². The Morgan fingerprint density at radius 2 is 2.17 bits per heavy atom. The smallest absolute Gasteiger partial charge is 0.133 e. The summed E-state index contributed by atoms with van der Waals surface area (Å²) in [6.45, 7) is 6.75. The molecule has 0 aliphatic carbocycles. The quantitative estimate of drug-likeness (QED) is 0.732. The minimum Gasteiger partial charge on any atom is -0.496 e. The van der Waals surface area contributed by atoms with Crippen LogP contribution in [-0.4, -0.2) is 20.2 Å². The monoisotopic (exact) mass is 313 g/mol. The van der Waals surface area contributed by atoms with Crippen LogP contribution in [0.1, 0.15) is 32.3 Å². The maximum Gasteiger partial charge on any atom is 0.133 e. The maximum absolute atomic E-state index is 5.23. The first-order valence-corrected chi connectivity index (χ1v) is 7.49. The van der Waals surface area contributed by atoms with Crippen molar-refractivity contribution >= 4 is 15.9 Å². The van der Waals surface area contributed by atoms with E-state index >= 15 is 0 Å². The molecule has 1 aromatic rings. The van der Waals surface area contributed by atoms with E-state index in [1.165, 1.54) is 18.4 Å². The van der Waals surface area contributed by atoms with Gasteiger partial charge in [-0.3, -0.25) is 0 Å². The van der Waals surface area contributed by atoms with Crippen LogP contribution in [0.25, 0.3) is 0 Å². The normalized spacial score (nSPS) is 12.4. The number of hydrogen-bond acceptors (Lipinski definition) is 2. The summed E-state index contributed by atoms with van der Waals surface area (Å²) in [5.41, 5.74) is 1.37. The fourth-order valence-corrected chi connectivity index (χ4v) is 2.49. The first-order chi connectivity index (χ1) is 8.67. The lowest BCUT2D eigenvalue weighted by Gasteiger charge is -2.12. The molecule has 0 aliphatic rings. The zero-order chi connectivity index (χ0) is 13.4. The van der Waals surface area contributed by atoms with E-state index < -0.39 is 0 Å². The Hall–Kier alpha value is -0.540. The third-order valence-corrected chi connectivity index (χ3v) is 3.68. The highest BCUT2D eigenvalue weighted by molar-refractivity contribution is 9.10. The van der Waals surface area contributed by atoms with Crippen LogP contribution in [0.4, 0.5) is 0 Å². The number of rotatable bonds is 8. The molecule has 2 nitrogen and oxygen atoms in total. The van der Waals surface area contributed by atoms with Crippen molar-refractivity contribution in [3.05, 3.63) is 28.2 Å². The van der Waals surface area contributed by atoms with Crippen LogP contribution in [0, 0.1) is 5.92 Å². The van der Waals surface area contributed by atoms with Crippen LogP contribution in [0.2, 0.25) is 0 Å². The Kier molecular flexibility index (Phi) is 7.36. The lowest BCUT2D eigenvalue weighted by molar-refractivity contribution is 0.412. The van der Waals surface area contributed by atoms with Gasteiger partial charge in [0.25, 0.3) is 0 Å². The van der Waals surface area contributed by atoms with Gasteiger partial charge in [-0.2, -0.15) is 0 Å². The molecule has 0 spiro atoms. The molecule has 1 rings (SSSR count). The molecular weight excluding hydrogens is 290 g/mol. The highest BCUT2D eigenvalue weighted by atomic mass is 79.9. The molecule has 0 bridgehead atoms. The number of hydrogen-bond donors (Lipinski definition) is 1. The molecule has 0 aromatic heterocycles. The van der Waals surface area contributed by atoms with Crippen LogP contribution in [0.15, 0.2) is 22.7 Å². The Bertz CT molecular complexity index is 354. The third-order valence-electron chi connectivity index (χ3n) is 3.06. The molecule has 0 fully saturated rings. The Balaban J connectivity index is 2.36. The first-order valence-electron chi connectivity index (χ1n) is 6.70. The van der Waals surface area contributed by atoms with Crippen LogP contribution in [-0.2, 0) is 6.42 Å². The van der Waals surface area contributed by atoms with Crippen molar-refractivity contribution in [2.45, 2.75) is 33.1 Å². The van der Waals surface area contributed by atoms with Crippen molar-refractivity contribution in [1.29, 1.82) is 0 Å². The summed E-state index contributed by atoms with van der Waals surface area (Å²) in [5, 5.41) is 3.47. The van der Waals surface area contributed by atoms with Gasteiger partial charge in [0, 0.05) is 0 Å². The standard InChI is InChI=1S/C15H24BrNO/c1-4-9-17-11-12(2)5-6-13-7-8-15(18-3)14(16)10-13/h7-8,10,12,17H,4-6,9,11H2,1-3H3. The molecule has 1 aromatic carbocycles. The minimum atomic E-state index is 0.720. The van der Waals surface area contributed by atoms with Crippen LogP contribution < -0.4 is 10.1 Å². The molecule has 0 heterocycles. The van der Waals surface area contributed by atoms with Gasteiger partial charge in [0.1, 0.15) is 5.75 Å². The molecular formula is C15H24BrNO. The van der Waals surface area contributed by atoms with Crippen molar-refractivity contribution in [3.63, 3.8) is 0 Å². The lowest BCUT2D eigenvalue weighted by atomic mass is 10.0. The number of methoxy groups -OCH3 is 1. The Morgan fingerprint density at radius 1 is 1.39 bits per heavy atom. The van der Waals surface area contributed by atoms with Crippen molar-refractivity contribution in [3.8, 4) is 5.75 Å². The predicted octanol–water partition coefficient (Wildman–Crippen LogP) is 4.03. The van der Waals surface area contributed by atoms with Gasteiger partial charge in [-0.1, -0.05) is 19.9 Å². The highest BCUT2D eigenvalue weighted by Crippen LogP contribution is 2.26. The van der Waals surface area contributed by atoms with Crippen molar-refractivity contribution in [1.82, 2.24) is 5.32 Å². The van der Waals surface area contributed by atoms with Crippen molar-refractivity contribution in [2.75, 3.05) is 20.2 Å². The second-order valence-corrected chi connectivity index (χ2v) is 5.67. The van der Waals surface area contributed by atoms with Crippen molar-refractivity contribution in [2.24, 2.45) is 5.92 Å². The molecule has 102 valence electrons. The van der Waals surface area contributed by atoms with Crippen LogP contribution in [0.5, 0.6) is 5.75 Å². The van der Waals surface area contributed by atoms with E-state index in [1.807, 2.05) is 6.07 Å². The summed E-state index contributed by atoms with van der Waals surface area (Å²) >= 11 is 3.53. The summed E-state index contributed by atoms with van der Waals surface area (Å²) in [6.07, 6.45) is 3.55. The topological polar surface area (TPSA) is 21.3 Å². The number of halogens is 1. The van der Waals surface area contributed by atoms with Gasteiger partial charge in [-0.05, 0) is 71.9 Å². The summed E-state index contributed by atoms with van der Waals surface area (Å²) in [4.78, 5) is 0. The molecule has 0 amide bonds. The van der Waals surface area contributed by atoms with Gasteiger partial charge in [-0.25, -0.2) is 0 Å². The second kappa shape index (κ2) is 8.54. The zero-order valence-electron chi connectivity index (χ0n) is 11.6. The maximum atomic E-state index is 5.23.